The van der Waals surface area contributed by atoms with Crippen LogP contribution in [0.25, 0.3) is 60.0 Å². The average molecular weight is 439 g/mol. The Hall–Kier alpha value is -3.68. The van der Waals surface area contributed by atoms with Gasteiger partial charge in [-0.1, -0.05) is 103 Å². The Labute approximate surface area is 197 Å². The van der Waals surface area contributed by atoms with Crippen molar-refractivity contribution in [1.29, 1.82) is 0 Å². The summed E-state index contributed by atoms with van der Waals surface area (Å²) in [5, 5.41) is 6.71. The van der Waals surface area contributed by atoms with Crippen LogP contribution in [-0.2, 0) is 6.42 Å². The Balaban J connectivity index is 1.66. The van der Waals surface area contributed by atoms with Crippen LogP contribution in [0.2, 0.25) is 0 Å². The van der Waals surface area contributed by atoms with Crippen LogP contribution in [0, 0.1) is 0 Å². The van der Waals surface area contributed by atoms with Crippen molar-refractivity contribution < 1.29 is 0 Å². The minimum absolute atomic E-state index is 1.14. The van der Waals surface area contributed by atoms with Crippen LogP contribution in [0.3, 0.4) is 0 Å². The lowest BCUT2D eigenvalue weighted by Gasteiger charge is -2.18. The van der Waals surface area contributed by atoms with Gasteiger partial charge in [0, 0.05) is 15.1 Å². The van der Waals surface area contributed by atoms with Crippen molar-refractivity contribution in [3.8, 4) is 22.3 Å². The van der Waals surface area contributed by atoms with Gasteiger partial charge in [-0.2, -0.15) is 0 Å². The normalized spacial score (nSPS) is 13.1. The molecule has 156 valence electrons. The molecule has 0 bridgehead atoms. The zero-order valence-corrected chi connectivity index (χ0v) is 19.0. The molecule has 0 aliphatic heterocycles. The molecule has 6 aromatic rings. The number of hydrogen-bond acceptors (Lipinski definition) is 1. The molecule has 33 heavy (non-hydrogen) atoms. The molecule has 1 aliphatic rings. The van der Waals surface area contributed by atoms with Gasteiger partial charge in [0.05, 0.1) is 0 Å². The molecule has 1 heteroatoms. The number of benzene rings is 5. The highest BCUT2D eigenvalue weighted by Gasteiger charge is 2.20. The number of hydrogen-bond donors (Lipinski definition) is 0. The van der Waals surface area contributed by atoms with Crippen LogP contribution < -0.4 is 0 Å². The predicted molar refractivity (Wildman–Crippen MR) is 145 cm³/mol. The molecule has 1 heterocycles. The summed E-state index contributed by atoms with van der Waals surface area (Å²) in [4.78, 5) is 1.43. The van der Waals surface area contributed by atoms with E-state index in [1.165, 1.54) is 64.3 Å². The average Bonchev–Trinajstić information content (AvgIpc) is 3.27. The monoisotopic (exact) mass is 438 g/mol. The third-order valence-corrected chi connectivity index (χ3v) is 8.19. The zero-order chi connectivity index (χ0) is 21.8. The minimum atomic E-state index is 1.14. The first-order valence-electron chi connectivity index (χ1n) is 11.6. The summed E-state index contributed by atoms with van der Waals surface area (Å²) < 4.78 is 1.41. The maximum Gasteiger partial charge on any atom is 0.0430 e. The topological polar surface area (TPSA) is 0 Å². The van der Waals surface area contributed by atoms with Crippen LogP contribution in [0.4, 0.5) is 0 Å². The summed E-state index contributed by atoms with van der Waals surface area (Å²) in [5.41, 5.74) is 6.83. The van der Waals surface area contributed by atoms with Crippen LogP contribution in [0.1, 0.15) is 16.9 Å². The molecule has 5 aromatic carbocycles. The molecule has 0 unspecified atom stereocenters. The standard InChI is InChI=1S/C32H22S/c1-2-11-21(12-3-1)30-23-14-4-6-16-25(23)31(26-17-7-5-15-24(26)30)28-19-10-18-27-22-13-8-9-20-29(22)33-32(27)28/h1-7,9-12,14-20H,8,13H2. The van der Waals surface area contributed by atoms with Gasteiger partial charge in [-0.25, -0.2) is 0 Å². The van der Waals surface area contributed by atoms with Crippen molar-refractivity contribution in [2.24, 2.45) is 0 Å². The Morgan fingerprint density at radius 1 is 0.545 bits per heavy atom. The Morgan fingerprint density at radius 2 is 1.15 bits per heavy atom. The third-order valence-electron chi connectivity index (χ3n) is 6.94. The van der Waals surface area contributed by atoms with Crippen LogP contribution in [0.15, 0.2) is 103 Å². The van der Waals surface area contributed by atoms with E-state index in [1.54, 1.807) is 0 Å². The zero-order valence-electron chi connectivity index (χ0n) is 18.2. The van der Waals surface area contributed by atoms with Crippen LogP contribution >= 0.6 is 11.3 Å². The fourth-order valence-electron chi connectivity index (χ4n) is 5.53. The highest BCUT2D eigenvalue weighted by Crippen LogP contribution is 2.47. The third kappa shape index (κ3) is 2.83. The lowest BCUT2D eigenvalue weighted by Crippen LogP contribution is -1.91. The highest BCUT2D eigenvalue weighted by atomic mass is 32.1. The molecule has 0 N–H and O–H groups in total. The second kappa shape index (κ2) is 7.43. The Bertz CT molecular complexity index is 1640. The Morgan fingerprint density at radius 3 is 1.85 bits per heavy atom. The van der Waals surface area contributed by atoms with Gasteiger partial charge in [0.25, 0.3) is 0 Å². The molecule has 0 nitrogen and oxygen atoms in total. The van der Waals surface area contributed by atoms with E-state index >= 15 is 0 Å². The van der Waals surface area contributed by atoms with Gasteiger partial charge >= 0.3 is 0 Å². The predicted octanol–water partition coefficient (Wildman–Crippen LogP) is 9.50. The molecule has 1 aromatic heterocycles. The first-order chi connectivity index (χ1) is 16.4. The van der Waals surface area contributed by atoms with E-state index in [0.717, 1.165) is 12.8 Å². The summed E-state index contributed by atoms with van der Waals surface area (Å²) in [5.74, 6) is 0. The van der Waals surface area contributed by atoms with Crippen molar-refractivity contribution in [3.63, 3.8) is 0 Å². The molecule has 0 saturated carbocycles. The van der Waals surface area contributed by atoms with Gasteiger partial charge in [-0.15, -0.1) is 11.3 Å². The number of fused-ring (bicyclic) bond motifs is 5. The van der Waals surface area contributed by atoms with Crippen molar-refractivity contribution >= 4 is 49.0 Å². The number of rotatable bonds is 2. The molecule has 0 atom stereocenters. The molecule has 0 amide bonds. The summed E-state index contributed by atoms with van der Waals surface area (Å²) in [6, 6.07) is 35.6. The first-order valence-corrected chi connectivity index (χ1v) is 12.4. The molecule has 0 radical (unpaired) electrons. The van der Waals surface area contributed by atoms with E-state index in [9.17, 15) is 0 Å². The largest absolute Gasteiger partial charge is 0.135 e. The van der Waals surface area contributed by atoms with Crippen molar-refractivity contribution in [3.05, 3.63) is 114 Å². The summed E-state index contributed by atoms with van der Waals surface area (Å²) in [6.07, 6.45) is 6.92. The fourth-order valence-corrected chi connectivity index (χ4v) is 6.83. The lowest BCUT2D eigenvalue weighted by molar-refractivity contribution is 1.01. The van der Waals surface area contributed by atoms with Gasteiger partial charge in [0.15, 0.2) is 0 Å². The smallest absolute Gasteiger partial charge is 0.0430 e. The van der Waals surface area contributed by atoms with Crippen molar-refractivity contribution in [2.75, 3.05) is 0 Å². The lowest BCUT2D eigenvalue weighted by atomic mass is 9.85. The van der Waals surface area contributed by atoms with Gasteiger partial charge in [0.2, 0.25) is 0 Å². The van der Waals surface area contributed by atoms with Gasteiger partial charge in [0.1, 0.15) is 0 Å². The van der Waals surface area contributed by atoms with Gasteiger partial charge in [-0.3, -0.25) is 0 Å². The highest BCUT2D eigenvalue weighted by molar-refractivity contribution is 7.20. The summed E-state index contributed by atoms with van der Waals surface area (Å²) in [7, 11) is 0. The SMILES string of the molecule is C1=Cc2sc3c(-c4c5ccccc5c(-c5ccccc5)c5ccccc45)cccc3c2CC1. The molecular formula is C32H22S. The van der Waals surface area contributed by atoms with Gasteiger partial charge in [-0.05, 0) is 68.1 Å². The fraction of sp³-hybridized carbons (Fsp3) is 0.0625. The molecule has 0 spiro atoms. The first kappa shape index (κ1) is 18.8. The number of thiophene rings is 1. The van der Waals surface area contributed by atoms with E-state index in [1.807, 2.05) is 11.3 Å². The molecule has 1 aliphatic carbocycles. The molecule has 0 fully saturated rings. The number of aryl methyl sites for hydroxylation is 1. The molecule has 0 saturated heterocycles. The maximum atomic E-state index is 2.32. The molecular weight excluding hydrogens is 416 g/mol. The van der Waals surface area contributed by atoms with E-state index in [0.29, 0.717) is 0 Å². The second-order valence-corrected chi connectivity index (χ2v) is 9.83. The van der Waals surface area contributed by atoms with Crippen LogP contribution in [0.5, 0.6) is 0 Å². The second-order valence-electron chi connectivity index (χ2n) is 8.78. The van der Waals surface area contributed by atoms with E-state index < -0.39 is 0 Å². The molecule has 7 rings (SSSR count). The number of allylic oxidation sites excluding steroid dienone is 1. The summed E-state index contributed by atoms with van der Waals surface area (Å²) in [6.45, 7) is 0. The Kier molecular flexibility index (Phi) is 4.25. The van der Waals surface area contributed by atoms with E-state index in [2.05, 4.69) is 109 Å². The van der Waals surface area contributed by atoms with E-state index in [4.69, 9.17) is 0 Å². The van der Waals surface area contributed by atoms with E-state index in [-0.39, 0.29) is 0 Å². The van der Waals surface area contributed by atoms with Crippen molar-refractivity contribution in [1.82, 2.24) is 0 Å². The van der Waals surface area contributed by atoms with Crippen molar-refractivity contribution in [2.45, 2.75) is 12.8 Å². The minimum Gasteiger partial charge on any atom is -0.135 e. The summed E-state index contributed by atoms with van der Waals surface area (Å²) >= 11 is 1.95. The van der Waals surface area contributed by atoms with Crippen LogP contribution in [-0.4, -0.2) is 0 Å². The maximum absolute atomic E-state index is 2.32. The quantitative estimate of drug-likeness (QED) is 0.236. The van der Waals surface area contributed by atoms with Gasteiger partial charge < -0.3 is 0 Å².